The molecule has 17 heavy (non-hydrogen) atoms. The molecule has 0 unspecified atom stereocenters. The summed E-state index contributed by atoms with van der Waals surface area (Å²) in [6.07, 6.45) is 5.39. The van der Waals surface area contributed by atoms with Crippen LogP contribution in [0.15, 0.2) is 18.5 Å². The Labute approximate surface area is 106 Å². The number of piperidine rings is 1. The topological polar surface area (TPSA) is 66.0 Å². The minimum absolute atomic E-state index is 0.263. The third kappa shape index (κ3) is 3.17. The molecule has 1 saturated heterocycles. The van der Waals surface area contributed by atoms with E-state index in [4.69, 9.17) is 22.7 Å². The van der Waals surface area contributed by atoms with Crippen molar-refractivity contribution in [3.8, 4) is 0 Å². The number of hydrogen-bond acceptors (Lipinski definition) is 3. The van der Waals surface area contributed by atoms with Crippen molar-refractivity contribution in [2.75, 3.05) is 13.1 Å². The fourth-order valence-electron chi connectivity index (χ4n) is 2.18. The van der Waals surface area contributed by atoms with Crippen LogP contribution in [0.25, 0.3) is 0 Å². The SMILES string of the molecule is N=C(N)C1CCN(Cc2ccncc2Cl)CC1. The first-order chi connectivity index (χ1) is 8.16. The number of rotatable bonds is 3. The van der Waals surface area contributed by atoms with Crippen molar-refractivity contribution in [2.24, 2.45) is 11.7 Å². The number of hydrogen-bond donors (Lipinski definition) is 2. The fourth-order valence-corrected chi connectivity index (χ4v) is 2.35. The monoisotopic (exact) mass is 252 g/mol. The van der Waals surface area contributed by atoms with Crippen molar-refractivity contribution in [3.05, 3.63) is 29.0 Å². The molecule has 1 aromatic rings. The van der Waals surface area contributed by atoms with Crippen molar-refractivity contribution < 1.29 is 0 Å². The fraction of sp³-hybridized carbons (Fsp3) is 0.500. The second-order valence-corrected chi connectivity index (χ2v) is 4.88. The summed E-state index contributed by atoms with van der Waals surface area (Å²) in [5, 5.41) is 8.16. The van der Waals surface area contributed by atoms with E-state index in [1.165, 1.54) is 0 Å². The number of aromatic nitrogens is 1. The lowest BCUT2D eigenvalue weighted by Crippen LogP contribution is -2.37. The zero-order chi connectivity index (χ0) is 12.3. The van der Waals surface area contributed by atoms with Crippen molar-refractivity contribution in [1.82, 2.24) is 9.88 Å². The molecular weight excluding hydrogens is 236 g/mol. The van der Waals surface area contributed by atoms with Gasteiger partial charge in [0.15, 0.2) is 0 Å². The molecule has 0 amide bonds. The van der Waals surface area contributed by atoms with Gasteiger partial charge in [0, 0.05) is 24.9 Å². The predicted molar refractivity (Wildman–Crippen MR) is 69.2 cm³/mol. The first-order valence-electron chi connectivity index (χ1n) is 5.81. The minimum atomic E-state index is 0.263. The number of nitrogens with two attached hydrogens (primary N) is 1. The highest BCUT2D eigenvalue weighted by Crippen LogP contribution is 2.21. The summed E-state index contributed by atoms with van der Waals surface area (Å²) >= 11 is 6.08. The Kier molecular flexibility index (Phi) is 3.97. The van der Waals surface area contributed by atoms with Gasteiger partial charge in [0.1, 0.15) is 0 Å². The molecule has 0 bridgehead atoms. The van der Waals surface area contributed by atoms with Crippen LogP contribution >= 0.6 is 11.6 Å². The number of likely N-dealkylation sites (tertiary alicyclic amines) is 1. The van der Waals surface area contributed by atoms with Crippen LogP contribution in [-0.2, 0) is 6.54 Å². The molecule has 2 heterocycles. The highest BCUT2D eigenvalue weighted by Gasteiger charge is 2.21. The Hall–Kier alpha value is -1.13. The molecule has 1 aromatic heterocycles. The van der Waals surface area contributed by atoms with E-state index in [0.717, 1.165) is 43.1 Å². The Morgan fingerprint density at radius 2 is 2.24 bits per heavy atom. The van der Waals surface area contributed by atoms with Crippen molar-refractivity contribution in [3.63, 3.8) is 0 Å². The van der Waals surface area contributed by atoms with Gasteiger partial charge in [0.2, 0.25) is 0 Å². The maximum atomic E-state index is 7.44. The lowest BCUT2D eigenvalue weighted by molar-refractivity contribution is 0.201. The first kappa shape index (κ1) is 12.3. The molecule has 0 atom stereocenters. The summed E-state index contributed by atoms with van der Waals surface area (Å²) in [6, 6.07) is 1.96. The van der Waals surface area contributed by atoms with Gasteiger partial charge in [-0.2, -0.15) is 0 Å². The van der Waals surface area contributed by atoms with Gasteiger partial charge < -0.3 is 5.73 Å². The number of nitrogens with one attached hydrogen (secondary N) is 1. The number of nitrogens with zero attached hydrogens (tertiary/aromatic N) is 2. The summed E-state index contributed by atoms with van der Waals surface area (Å²) in [7, 11) is 0. The van der Waals surface area contributed by atoms with Crippen LogP contribution < -0.4 is 5.73 Å². The molecule has 1 aliphatic rings. The zero-order valence-corrected chi connectivity index (χ0v) is 10.5. The van der Waals surface area contributed by atoms with Gasteiger partial charge in [-0.15, -0.1) is 0 Å². The molecule has 2 rings (SSSR count). The van der Waals surface area contributed by atoms with Crippen LogP contribution in [0.2, 0.25) is 5.02 Å². The van der Waals surface area contributed by atoms with E-state index >= 15 is 0 Å². The van der Waals surface area contributed by atoms with Crippen LogP contribution in [0, 0.1) is 11.3 Å². The summed E-state index contributed by atoms with van der Waals surface area (Å²) < 4.78 is 0. The van der Waals surface area contributed by atoms with Crippen molar-refractivity contribution >= 4 is 17.4 Å². The summed E-state index contributed by atoms with van der Waals surface area (Å²) in [5.41, 5.74) is 6.64. The standard InChI is InChI=1S/C12H17ClN4/c13-11-7-16-4-1-10(11)8-17-5-2-9(3-6-17)12(14)15/h1,4,7,9H,2-3,5-6,8H2,(H3,14,15). The van der Waals surface area contributed by atoms with Crippen LogP contribution in [0.4, 0.5) is 0 Å². The highest BCUT2D eigenvalue weighted by atomic mass is 35.5. The molecule has 0 aromatic carbocycles. The Morgan fingerprint density at radius 1 is 1.53 bits per heavy atom. The molecule has 5 heteroatoms. The van der Waals surface area contributed by atoms with Gasteiger partial charge in [-0.1, -0.05) is 11.6 Å². The van der Waals surface area contributed by atoms with Gasteiger partial charge in [-0.05, 0) is 37.6 Å². The quantitative estimate of drug-likeness (QED) is 0.638. The van der Waals surface area contributed by atoms with Gasteiger partial charge in [-0.25, -0.2) is 0 Å². The van der Waals surface area contributed by atoms with E-state index < -0.39 is 0 Å². The lowest BCUT2D eigenvalue weighted by atomic mass is 9.95. The minimum Gasteiger partial charge on any atom is -0.387 e. The van der Waals surface area contributed by atoms with E-state index in [1.54, 1.807) is 12.4 Å². The smallest absolute Gasteiger partial charge is 0.0937 e. The average molecular weight is 253 g/mol. The average Bonchev–Trinajstić information content (AvgIpc) is 2.33. The maximum absolute atomic E-state index is 7.44. The molecule has 1 aliphatic heterocycles. The Bertz CT molecular complexity index is 399. The van der Waals surface area contributed by atoms with Crippen molar-refractivity contribution in [1.29, 1.82) is 5.41 Å². The molecule has 0 saturated carbocycles. The number of pyridine rings is 1. The number of halogens is 1. The predicted octanol–water partition coefficient (Wildman–Crippen LogP) is 1.88. The van der Waals surface area contributed by atoms with Crippen LogP contribution in [0.5, 0.6) is 0 Å². The zero-order valence-electron chi connectivity index (χ0n) is 9.69. The second kappa shape index (κ2) is 5.47. The summed E-state index contributed by atoms with van der Waals surface area (Å²) in [5.74, 6) is 0.589. The van der Waals surface area contributed by atoms with E-state index in [0.29, 0.717) is 5.84 Å². The molecule has 3 N–H and O–H groups in total. The van der Waals surface area contributed by atoms with E-state index in [-0.39, 0.29) is 5.92 Å². The molecule has 1 fully saturated rings. The third-order valence-electron chi connectivity index (χ3n) is 3.28. The van der Waals surface area contributed by atoms with Gasteiger partial charge in [0.25, 0.3) is 0 Å². The molecule has 0 spiro atoms. The number of amidine groups is 1. The van der Waals surface area contributed by atoms with Gasteiger partial charge in [-0.3, -0.25) is 15.3 Å². The molecule has 4 nitrogen and oxygen atoms in total. The van der Waals surface area contributed by atoms with E-state index in [2.05, 4.69) is 9.88 Å². The van der Waals surface area contributed by atoms with Gasteiger partial charge >= 0.3 is 0 Å². The second-order valence-electron chi connectivity index (χ2n) is 4.47. The summed E-state index contributed by atoms with van der Waals surface area (Å²) in [4.78, 5) is 6.33. The van der Waals surface area contributed by atoms with Crippen LogP contribution in [0.3, 0.4) is 0 Å². The van der Waals surface area contributed by atoms with Crippen molar-refractivity contribution in [2.45, 2.75) is 19.4 Å². The molecule has 0 aliphatic carbocycles. The van der Waals surface area contributed by atoms with Crippen LogP contribution in [0.1, 0.15) is 18.4 Å². The Morgan fingerprint density at radius 3 is 2.82 bits per heavy atom. The lowest BCUT2D eigenvalue weighted by Gasteiger charge is -2.31. The molecule has 92 valence electrons. The maximum Gasteiger partial charge on any atom is 0.0937 e. The molecular formula is C12H17ClN4. The third-order valence-corrected chi connectivity index (χ3v) is 3.62. The summed E-state index contributed by atoms with van der Waals surface area (Å²) in [6.45, 7) is 2.80. The largest absolute Gasteiger partial charge is 0.387 e. The van der Waals surface area contributed by atoms with Gasteiger partial charge in [0.05, 0.1) is 10.9 Å². The molecule has 0 radical (unpaired) electrons. The first-order valence-corrected chi connectivity index (χ1v) is 6.19. The van der Waals surface area contributed by atoms with E-state index in [1.807, 2.05) is 6.07 Å². The highest BCUT2D eigenvalue weighted by molar-refractivity contribution is 6.31. The van der Waals surface area contributed by atoms with E-state index in [9.17, 15) is 0 Å². The Balaban J connectivity index is 1.90. The van der Waals surface area contributed by atoms with Crippen LogP contribution in [-0.4, -0.2) is 28.8 Å². The normalized spacial score (nSPS) is 18.2.